The van der Waals surface area contributed by atoms with Crippen LogP contribution < -0.4 is 5.73 Å². The number of unbranched alkanes of at least 4 members (excludes halogenated alkanes) is 25. The van der Waals surface area contributed by atoms with Crippen molar-refractivity contribution in [3.63, 3.8) is 0 Å². The number of allylic oxidation sites excluding steroid dienone is 3. The highest BCUT2D eigenvalue weighted by molar-refractivity contribution is 7.47. The van der Waals surface area contributed by atoms with Crippen LogP contribution >= 0.6 is 7.82 Å². The lowest BCUT2D eigenvalue weighted by molar-refractivity contribution is -0.153. The quantitative estimate of drug-likeness (QED) is 0.0210. The summed E-state index contributed by atoms with van der Waals surface area (Å²) in [4.78, 5) is 22.4. The van der Waals surface area contributed by atoms with Gasteiger partial charge in [-0.25, -0.2) is 4.57 Å². The molecule has 0 aliphatic carbocycles. The summed E-state index contributed by atoms with van der Waals surface area (Å²) in [7, 11) is -4.29. The largest absolute Gasteiger partial charge is 0.498 e. The number of phosphoric ester groups is 1. The van der Waals surface area contributed by atoms with Gasteiger partial charge < -0.3 is 20.1 Å². The molecule has 0 fully saturated rings. The predicted molar refractivity (Wildman–Crippen MR) is 210 cm³/mol. The molecule has 0 bridgehead atoms. The van der Waals surface area contributed by atoms with Crippen LogP contribution in [0.2, 0.25) is 0 Å². The highest BCUT2D eigenvalue weighted by atomic mass is 31.2. The maximum atomic E-state index is 12.5. The smallest absolute Gasteiger partial charge is 0.472 e. The second-order valence-electron chi connectivity index (χ2n) is 13.9. The van der Waals surface area contributed by atoms with E-state index < -0.39 is 13.9 Å². The molecule has 0 spiro atoms. The minimum Gasteiger partial charge on any atom is -0.498 e. The number of nitrogens with two attached hydrogens (primary N) is 1. The summed E-state index contributed by atoms with van der Waals surface area (Å²) < 4.78 is 33.1. The Morgan fingerprint density at radius 3 is 1.48 bits per heavy atom. The van der Waals surface area contributed by atoms with Crippen molar-refractivity contribution in [2.75, 3.05) is 26.4 Å². The first-order valence-electron chi connectivity index (χ1n) is 20.9. The zero-order valence-electron chi connectivity index (χ0n) is 32.6. The molecule has 0 radical (unpaired) electrons. The van der Waals surface area contributed by atoms with Crippen LogP contribution in [0.15, 0.2) is 24.5 Å². The SMILES string of the molecule is CCCCCCCCC=CCCCCCCCC(=O)O[C@H](COC=CCCCCCCCCCCCCCCCC)COP(=O)(O)OCCN. The number of carbonyl (C=O) groups excluding carboxylic acids is 1. The molecule has 0 saturated heterocycles. The lowest BCUT2D eigenvalue weighted by Crippen LogP contribution is -2.27. The fraction of sp³-hybridized carbons (Fsp3) is 0.878. The van der Waals surface area contributed by atoms with E-state index in [4.69, 9.17) is 24.3 Å². The van der Waals surface area contributed by atoms with Crippen molar-refractivity contribution in [3.05, 3.63) is 24.5 Å². The number of rotatable bonds is 40. The van der Waals surface area contributed by atoms with E-state index in [0.717, 1.165) is 44.9 Å². The molecule has 9 heteroatoms. The third kappa shape index (κ3) is 38.1. The van der Waals surface area contributed by atoms with Crippen molar-refractivity contribution in [3.8, 4) is 0 Å². The molecule has 0 aromatic heterocycles. The van der Waals surface area contributed by atoms with E-state index in [1.54, 1.807) is 6.26 Å². The first-order chi connectivity index (χ1) is 24.4. The Bertz CT molecular complexity index is 823. The average molecular weight is 730 g/mol. The van der Waals surface area contributed by atoms with E-state index >= 15 is 0 Å². The van der Waals surface area contributed by atoms with Crippen molar-refractivity contribution in [2.45, 2.75) is 206 Å². The van der Waals surface area contributed by atoms with Crippen LogP contribution in [0.4, 0.5) is 0 Å². The Morgan fingerprint density at radius 1 is 0.600 bits per heavy atom. The van der Waals surface area contributed by atoms with Crippen molar-refractivity contribution < 1.29 is 32.8 Å². The summed E-state index contributed by atoms with van der Waals surface area (Å²) in [5.41, 5.74) is 5.36. The van der Waals surface area contributed by atoms with Crippen LogP contribution in [0.3, 0.4) is 0 Å². The predicted octanol–water partition coefficient (Wildman–Crippen LogP) is 12.4. The zero-order valence-corrected chi connectivity index (χ0v) is 33.5. The van der Waals surface area contributed by atoms with E-state index in [2.05, 4.69) is 26.0 Å². The lowest BCUT2D eigenvalue weighted by Gasteiger charge is -2.19. The summed E-state index contributed by atoms with van der Waals surface area (Å²) in [5.74, 6) is -0.359. The summed E-state index contributed by atoms with van der Waals surface area (Å²) in [6, 6.07) is 0. The molecule has 296 valence electrons. The van der Waals surface area contributed by atoms with Gasteiger partial charge in [0.1, 0.15) is 6.61 Å². The number of esters is 1. The minimum absolute atomic E-state index is 0.0320. The van der Waals surface area contributed by atoms with Crippen LogP contribution in [0.5, 0.6) is 0 Å². The molecule has 3 N–H and O–H groups in total. The normalized spacial score (nSPS) is 13.7. The molecule has 0 amide bonds. The minimum atomic E-state index is -4.29. The fourth-order valence-electron chi connectivity index (χ4n) is 5.84. The van der Waals surface area contributed by atoms with Gasteiger partial charge in [0, 0.05) is 13.0 Å². The lowest BCUT2D eigenvalue weighted by atomic mass is 10.0. The van der Waals surface area contributed by atoms with Crippen LogP contribution in [0.1, 0.15) is 200 Å². The molecule has 0 saturated carbocycles. The Morgan fingerprint density at radius 2 is 1.02 bits per heavy atom. The van der Waals surface area contributed by atoms with E-state index in [9.17, 15) is 14.3 Å². The van der Waals surface area contributed by atoms with Crippen LogP contribution in [-0.2, 0) is 27.9 Å². The summed E-state index contributed by atoms with van der Waals surface area (Å²) in [6.07, 6.45) is 42.8. The van der Waals surface area contributed by atoms with Gasteiger partial charge in [0.15, 0.2) is 6.10 Å². The van der Waals surface area contributed by atoms with Gasteiger partial charge in [0.25, 0.3) is 0 Å². The van der Waals surface area contributed by atoms with Gasteiger partial charge in [-0.3, -0.25) is 13.8 Å². The highest BCUT2D eigenvalue weighted by Crippen LogP contribution is 2.43. The average Bonchev–Trinajstić information content (AvgIpc) is 3.10. The van der Waals surface area contributed by atoms with E-state index in [0.29, 0.717) is 6.42 Å². The van der Waals surface area contributed by atoms with E-state index in [1.165, 1.54) is 135 Å². The third-order valence-corrected chi connectivity index (χ3v) is 9.92. The molecule has 0 aliphatic heterocycles. The van der Waals surface area contributed by atoms with Crippen molar-refractivity contribution in [1.29, 1.82) is 0 Å². The summed E-state index contributed by atoms with van der Waals surface area (Å²) >= 11 is 0. The molecule has 0 aromatic rings. The maximum Gasteiger partial charge on any atom is 0.472 e. The molecule has 1 unspecified atom stereocenters. The Balaban J connectivity index is 4.10. The van der Waals surface area contributed by atoms with Gasteiger partial charge in [-0.2, -0.15) is 0 Å². The van der Waals surface area contributed by atoms with Crippen molar-refractivity contribution >= 4 is 13.8 Å². The Hall–Kier alpha value is -1.18. The molecule has 0 rings (SSSR count). The molecule has 0 aliphatic rings. The molecule has 8 nitrogen and oxygen atoms in total. The molecule has 0 heterocycles. The molecule has 2 atom stereocenters. The van der Waals surface area contributed by atoms with Crippen molar-refractivity contribution in [1.82, 2.24) is 0 Å². The van der Waals surface area contributed by atoms with Crippen molar-refractivity contribution in [2.24, 2.45) is 5.73 Å². The molecular formula is C41H80NO7P. The number of carbonyl (C=O) groups is 1. The number of ether oxygens (including phenoxy) is 2. The number of hydrogen-bond acceptors (Lipinski definition) is 7. The fourth-order valence-corrected chi connectivity index (χ4v) is 6.60. The van der Waals surface area contributed by atoms with Gasteiger partial charge in [0.05, 0.1) is 19.5 Å². The van der Waals surface area contributed by atoms with Gasteiger partial charge >= 0.3 is 13.8 Å². The monoisotopic (exact) mass is 730 g/mol. The molecular weight excluding hydrogens is 649 g/mol. The standard InChI is InChI=1S/C41H80NO7P/c1-3-5-7-9-11-13-15-17-19-21-23-25-27-29-31-33-36-46-38-40(39-48-50(44,45)47-37-35-42)49-41(43)34-32-30-28-26-24-22-20-18-16-14-12-10-8-6-4-2/h18,20,33,36,40H,3-17,19,21-32,34-35,37-39,42H2,1-2H3,(H,44,45)/t40-/m1/s1. The van der Waals surface area contributed by atoms with Gasteiger partial charge in [0.2, 0.25) is 0 Å². The van der Waals surface area contributed by atoms with Crippen LogP contribution in [-0.4, -0.2) is 43.3 Å². The van der Waals surface area contributed by atoms with Crippen LogP contribution in [0.25, 0.3) is 0 Å². The zero-order chi connectivity index (χ0) is 36.6. The van der Waals surface area contributed by atoms with E-state index in [-0.39, 0.29) is 32.3 Å². The topological polar surface area (TPSA) is 117 Å². The van der Waals surface area contributed by atoms with Gasteiger partial charge in [-0.1, -0.05) is 161 Å². The first-order valence-corrected chi connectivity index (χ1v) is 22.4. The van der Waals surface area contributed by atoms with Gasteiger partial charge in [-0.05, 0) is 51.0 Å². The van der Waals surface area contributed by atoms with E-state index in [1.807, 2.05) is 6.08 Å². The third-order valence-electron chi connectivity index (χ3n) is 8.94. The highest BCUT2D eigenvalue weighted by Gasteiger charge is 2.25. The molecule has 0 aromatic carbocycles. The Kier molecular flexibility index (Phi) is 38.1. The van der Waals surface area contributed by atoms with Crippen LogP contribution in [0, 0.1) is 0 Å². The molecule has 50 heavy (non-hydrogen) atoms. The second kappa shape index (κ2) is 39.0. The summed E-state index contributed by atoms with van der Waals surface area (Å²) in [5, 5.41) is 0. The number of hydrogen-bond donors (Lipinski definition) is 2. The first kappa shape index (κ1) is 48.8. The maximum absolute atomic E-state index is 12.5. The summed E-state index contributed by atoms with van der Waals surface area (Å²) in [6.45, 7) is 4.24. The second-order valence-corrected chi connectivity index (χ2v) is 15.4. The number of phosphoric acid groups is 1. The van der Waals surface area contributed by atoms with Gasteiger partial charge in [-0.15, -0.1) is 0 Å². The Labute approximate surface area is 308 Å².